The van der Waals surface area contributed by atoms with Gasteiger partial charge >= 0.3 is 0 Å². The van der Waals surface area contributed by atoms with E-state index < -0.39 is 45.2 Å². The maximum absolute atomic E-state index is 14.0. The van der Waals surface area contributed by atoms with Crippen LogP contribution in [0.25, 0.3) is 10.8 Å². The lowest BCUT2D eigenvalue weighted by molar-refractivity contribution is -0.141. The van der Waals surface area contributed by atoms with Crippen molar-refractivity contribution in [2.45, 2.75) is 34.9 Å². The van der Waals surface area contributed by atoms with E-state index in [0.29, 0.717) is 22.9 Å². The van der Waals surface area contributed by atoms with E-state index in [9.17, 15) is 29.4 Å². The second-order valence-electron chi connectivity index (χ2n) is 12.0. The number of hydrogen-bond donors (Lipinski definition) is 2. The molecular formula is C33H28Cl2N2O6. The summed E-state index contributed by atoms with van der Waals surface area (Å²) in [6.07, 6.45) is 2.42. The van der Waals surface area contributed by atoms with E-state index >= 15 is 0 Å². The van der Waals surface area contributed by atoms with Gasteiger partial charge in [-0.05, 0) is 59.7 Å². The van der Waals surface area contributed by atoms with Gasteiger partial charge in [0.15, 0.2) is 9.75 Å². The largest absolute Gasteiger partial charge is 0.508 e. The highest BCUT2D eigenvalue weighted by Crippen LogP contribution is 2.66. The Kier molecular flexibility index (Phi) is 6.21. The molecule has 220 valence electrons. The maximum Gasteiger partial charge on any atom is 0.253 e. The molecule has 0 bridgehead atoms. The van der Waals surface area contributed by atoms with Gasteiger partial charge in [0, 0.05) is 25.1 Å². The number of nitrogens with zero attached hydrogens (tertiary/aromatic N) is 2. The number of phenols is 2. The minimum Gasteiger partial charge on any atom is -0.508 e. The van der Waals surface area contributed by atoms with Crippen molar-refractivity contribution in [1.29, 1.82) is 0 Å². The topological polar surface area (TPSA) is 115 Å². The van der Waals surface area contributed by atoms with Crippen LogP contribution in [0.5, 0.6) is 11.5 Å². The molecule has 8 nitrogen and oxygen atoms in total. The van der Waals surface area contributed by atoms with Crippen LogP contribution in [-0.2, 0) is 25.6 Å². The molecule has 2 aliphatic heterocycles. The lowest BCUT2D eigenvalue weighted by atomic mass is 9.56. The number of halogens is 2. The molecule has 2 heterocycles. The summed E-state index contributed by atoms with van der Waals surface area (Å²) in [5.41, 5.74) is 1.86. The Bertz CT molecular complexity index is 1770. The lowest BCUT2D eigenvalue weighted by Gasteiger charge is -2.51. The number of rotatable bonds is 4. The zero-order valence-electron chi connectivity index (χ0n) is 23.2. The van der Waals surface area contributed by atoms with Crippen molar-refractivity contribution in [2.24, 2.45) is 17.8 Å². The molecule has 10 heteroatoms. The number of benzene rings is 3. The fourth-order valence-corrected chi connectivity index (χ4v) is 8.84. The third kappa shape index (κ3) is 3.69. The number of phenolic OH excluding ortho intramolecular Hbond substituents is 2. The standard InChI is InChI=1S/C33H28Cl2N2O6/c1-36-30(42)32(34)16-23-21(27(33(32,35)31(36)43)26-20-5-3-2-4-18(20)8-13-24(26)39)11-12-22-25(23)29(41)37(28(22)40)15-14-17-6-9-19(38)10-7-17/h2-11,13,22-23,25,27,38-39H,12,14-16H2,1H3. The maximum atomic E-state index is 14.0. The summed E-state index contributed by atoms with van der Waals surface area (Å²) in [5.74, 6) is -5.08. The van der Waals surface area contributed by atoms with Crippen LogP contribution in [0.1, 0.15) is 29.9 Å². The summed E-state index contributed by atoms with van der Waals surface area (Å²) in [6.45, 7) is 0.163. The van der Waals surface area contributed by atoms with Gasteiger partial charge in [-0.25, -0.2) is 0 Å². The van der Waals surface area contributed by atoms with E-state index in [1.54, 1.807) is 30.3 Å². The zero-order chi connectivity index (χ0) is 30.4. The summed E-state index contributed by atoms with van der Waals surface area (Å²) >= 11 is 14.5. The predicted molar refractivity (Wildman–Crippen MR) is 160 cm³/mol. The third-order valence-electron chi connectivity index (χ3n) is 9.90. The van der Waals surface area contributed by atoms with Gasteiger partial charge in [0.05, 0.1) is 11.8 Å². The Morgan fingerprint density at radius 3 is 2.35 bits per heavy atom. The molecule has 0 spiro atoms. The molecule has 3 fully saturated rings. The van der Waals surface area contributed by atoms with Crippen LogP contribution >= 0.6 is 23.2 Å². The zero-order valence-corrected chi connectivity index (χ0v) is 24.7. The Morgan fingerprint density at radius 2 is 1.60 bits per heavy atom. The van der Waals surface area contributed by atoms with E-state index in [-0.39, 0.29) is 42.7 Å². The molecule has 6 unspecified atom stereocenters. The molecule has 6 atom stereocenters. The number of aromatic hydroxyl groups is 2. The summed E-state index contributed by atoms with van der Waals surface area (Å²) < 4.78 is 0. The second kappa shape index (κ2) is 9.56. The van der Waals surface area contributed by atoms with E-state index in [0.717, 1.165) is 15.8 Å². The van der Waals surface area contributed by atoms with Crippen molar-refractivity contribution < 1.29 is 29.4 Å². The van der Waals surface area contributed by atoms with Gasteiger partial charge in [-0.2, -0.15) is 0 Å². The van der Waals surface area contributed by atoms with Gasteiger partial charge in [0.1, 0.15) is 11.5 Å². The fraction of sp³-hybridized carbons (Fsp3) is 0.333. The number of carbonyl (C=O) groups is 4. The highest BCUT2D eigenvalue weighted by Gasteiger charge is 2.76. The molecule has 43 heavy (non-hydrogen) atoms. The number of imide groups is 2. The summed E-state index contributed by atoms with van der Waals surface area (Å²) in [5, 5.41) is 22.4. The van der Waals surface area contributed by atoms with Crippen LogP contribution in [0.15, 0.2) is 72.3 Å². The molecule has 0 radical (unpaired) electrons. The minimum absolute atomic E-state index is 0.104. The monoisotopic (exact) mass is 618 g/mol. The molecule has 1 saturated carbocycles. The molecule has 3 aromatic carbocycles. The Labute approximate surface area is 257 Å². The van der Waals surface area contributed by atoms with E-state index in [1.165, 1.54) is 18.0 Å². The summed E-state index contributed by atoms with van der Waals surface area (Å²) in [7, 11) is 1.34. The Hall–Kier alpha value is -3.88. The average molecular weight is 620 g/mol. The van der Waals surface area contributed by atoms with Crippen molar-refractivity contribution >= 4 is 57.6 Å². The van der Waals surface area contributed by atoms with Crippen molar-refractivity contribution in [2.75, 3.05) is 13.6 Å². The molecule has 2 aliphatic carbocycles. The molecule has 2 N–H and O–H groups in total. The Balaban J connectivity index is 1.35. The smallest absolute Gasteiger partial charge is 0.253 e. The minimum atomic E-state index is -1.97. The second-order valence-corrected chi connectivity index (χ2v) is 13.2. The third-order valence-corrected chi connectivity index (χ3v) is 11.3. The predicted octanol–water partition coefficient (Wildman–Crippen LogP) is 4.48. The van der Waals surface area contributed by atoms with Crippen molar-refractivity contribution in [3.63, 3.8) is 0 Å². The van der Waals surface area contributed by atoms with Crippen LogP contribution in [-0.4, -0.2) is 67.0 Å². The average Bonchev–Trinajstić information content (AvgIpc) is 3.32. The molecule has 0 aromatic heterocycles. The summed E-state index contributed by atoms with van der Waals surface area (Å²) in [6, 6.07) is 17.2. The summed E-state index contributed by atoms with van der Waals surface area (Å²) in [4.78, 5) is 53.5. The highest BCUT2D eigenvalue weighted by molar-refractivity contribution is 6.53. The number of fused-ring (bicyclic) bond motifs is 5. The number of hydrogen-bond acceptors (Lipinski definition) is 6. The van der Waals surface area contributed by atoms with E-state index in [2.05, 4.69) is 0 Å². The molecule has 4 amide bonds. The molecule has 3 aromatic rings. The highest BCUT2D eigenvalue weighted by atomic mass is 35.5. The first-order valence-corrected chi connectivity index (χ1v) is 15.0. The van der Waals surface area contributed by atoms with Crippen molar-refractivity contribution in [3.05, 3.63) is 83.4 Å². The number of allylic oxidation sites excluding steroid dienone is 2. The number of likely N-dealkylation sites (tertiary alicyclic amines) is 2. The lowest BCUT2D eigenvalue weighted by Crippen LogP contribution is -2.60. The van der Waals surface area contributed by atoms with Crippen LogP contribution < -0.4 is 0 Å². The van der Waals surface area contributed by atoms with Crippen LogP contribution in [0.4, 0.5) is 0 Å². The fourth-order valence-electron chi connectivity index (χ4n) is 7.84. The number of carbonyl (C=O) groups excluding carboxylic acids is 4. The van der Waals surface area contributed by atoms with Gasteiger partial charge in [-0.1, -0.05) is 54.1 Å². The van der Waals surface area contributed by atoms with Gasteiger partial charge in [0.2, 0.25) is 11.8 Å². The van der Waals surface area contributed by atoms with Crippen LogP contribution in [0.2, 0.25) is 0 Å². The molecule has 2 saturated heterocycles. The van der Waals surface area contributed by atoms with E-state index in [1.807, 2.05) is 30.3 Å². The number of amides is 4. The number of alkyl halides is 2. The van der Waals surface area contributed by atoms with Crippen molar-refractivity contribution in [3.8, 4) is 11.5 Å². The first-order valence-electron chi connectivity index (χ1n) is 14.2. The quantitative estimate of drug-likeness (QED) is 0.253. The first kappa shape index (κ1) is 27.9. The molecular weight excluding hydrogens is 591 g/mol. The molecule has 7 rings (SSSR count). The van der Waals surface area contributed by atoms with Gasteiger partial charge in [0.25, 0.3) is 11.8 Å². The van der Waals surface area contributed by atoms with Crippen LogP contribution in [0, 0.1) is 17.8 Å². The van der Waals surface area contributed by atoms with Crippen LogP contribution in [0.3, 0.4) is 0 Å². The molecule has 4 aliphatic rings. The van der Waals surface area contributed by atoms with E-state index in [4.69, 9.17) is 23.2 Å². The van der Waals surface area contributed by atoms with Gasteiger partial charge < -0.3 is 10.2 Å². The van der Waals surface area contributed by atoms with Gasteiger partial charge in [-0.15, -0.1) is 23.2 Å². The SMILES string of the molecule is CN1C(=O)C2(Cl)CC3C(=CCC4C(=O)N(CCc5ccc(O)cc5)C(=O)C43)C(c3c(O)ccc4ccccc34)C2(Cl)C1=O. The normalized spacial score (nSPS) is 31.7. The van der Waals surface area contributed by atoms with Crippen molar-refractivity contribution in [1.82, 2.24) is 9.80 Å². The van der Waals surface area contributed by atoms with Gasteiger partial charge in [-0.3, -0.25) is 29.0 Å². The Morgan fingerprint density at radius 1 is 0.884 bits per heavy atom. The first-order chi connectivity index (χ1) is 20.5.